The maximum absolute atomic E-state index is 12.7. The predicted octanol–water partition coefficient (Wildman–Crippen LogP) is 4.21. The van der Waals surface area contributed by atoms with E-state index in [-0.39, 0.29) is 17.9 Å². The molecule has 31 heavy (non-hydrogen) atoms. The smallest absolute Gasteiger partial charge is 0.319 e. The molecule has 2 aromatic rings. The second kappa shape index (κ2) is 10.3. The number of nitrogens with one attached hydrogen (secondary N) is 2. The van der Waals surface area contributed by atoms with E-state index in [0.717, 1.165) is 63.1 Å². The Labute approximate surface area is 184 Å². The highest BCUT2D eigenvalue weighted by Gasteiger charge is 2.30. The Morgan fingerprint density at radius 3 is 2.10 bits per heavy atom. The molecular weight excluding hydrogens is 388 g/mol. The van der Waals surface area contributed by atoms with Crippen molar-refractivity contribution in [2.45, 2.75) is 32.1 Å². The zero-order valence-corrected chi connectivity index (χ0v) is 18.1. The maximum Gasteiger partial charge on any atom is 0.319 e. The molecule has 2 aromatic carbocycles. The van der Waals surface area contributed by atoms with Gasteiger partial charge in [0.2, 0.25) is 5.91 Å². The number of anilines is 2. The van der Waals surface area contributed by atoms with Crippen LogP contribution >= 0.6 is 0 Å². The molecule has 0 saturated carbocycles. The van der Waals surface area contributed by atoms with Crippen LogP contribution in [0.2, 0.25) is 0 Å². The van der Waals surface area contributed by atoms with Crippen LogP contribution in [0.25, 0.3) is 0 Å². The number of carbonyl (C=O) groups excluding carboxylic acids is 2. The number of piperidine rings is 1. The van der Waals surface area contributed by atoms with Gasteiger partial charge in [0.05, 0.1) is 0 Å². The number of likely N-dealkylation sites (tertiary alicyclic amines) is 2. The van der Waals surface area contributed by atoms with Gasteiger partial charge in [0, 0.05) is 50.0 Å². The summed E-state index contributed by atoms with van der Waals surface area (Å²) in [5.41, 5.74) is 3.17. The number of hydrogen-bond acceptors (Lipinski definition) is 3. The van der Waals surface area contributed by atoms with Crippen LogP contribution in [0, 0.1) is 5.92 Å². The van der Waals surface area contributed by atoms with E-state index < -0.39 is 0 Å². The topological polar surface area (TPSA) is 64.7 Å². The van der Waals surface area contributed by atoms with Gasteiger partial charge in [-0.05, 0) is 61.9 Å². The van der Waals surface area contributed by atoms with Gasteiger partial charge >= 0.3 is 6.03 Å². The monoisotopic (exact) mass is 420 g/mol. The van der Waals surface area contributed by atoms with Crippen molar-refractivity contribution in [2.24, 2.45) is 5.92 Å². The summed E-state index contributed by atoms with van der Waals surface area (Å²) in [4.78, 5) is 29.0. The Morgan fingerprint density at radius 2 is 1.42 bits per heavy atom. The van der Waals surface area contributed by atoms with Crippen molar-refractivity contribution in [3.05, 3.63) is 60.2 Å². The van der Waals surface area contributed by atoms with Crippen molar-refractivity contribution < 1.29 is 9.59 Å². The largest absolute Gasteiger partial charge is 0.385 e. The molecule has 2 heterocycles. The molecule has 2 saturated heterocycles. The minimum absolute atomic E-state index is 0.0358. The molecule has 0 atom stereocenters. The molecule has 2 aliphatic rings. The summed E-state index contributed by atoms with van der Waals surface area (Å²) in [6.45, 7) is 3.94. The highest BCUT2D eigenvalue weighted by Crippen LogP contribution is 2.22. The lowest BCUT2D eigenvalue weighted by molar-refractivity contribution is -0.121. The summed E-state index contributed by atoms with van der Waals surface area (Å²) in [7, 11) is 0. The van der Waals surface area contributed by atoms with Gasteiger partial charge in [-0.15, -0.1) is 0 Å². The van der Waals surface area contributed by atoms with E-state index >= 15 is 0 Å². The fourth-order valence-electron chi connectivity index (χ4n) is 4.35. The van der Waals surface area contributed by atoms with E-state index in [0.29, 0.717) is 13.1 Å². The van der Waals surface area contributed by atoms with Crippen LogP contribution in [0.1, 0.15) is 31.2 Å². The van der Waals surface area contributed by atoms with Crippen LogP contribution in [0.4, 0.5) is 16.2 Å². The summed E-state index contributed by atoms with van der Waals surface area (Å²) >= 11 is 0. The minimum Gasteiger partial charge on any atom is -0.385 e. The third-order valence-electron chi connectivity index (χ3n) is 6.25. The standard InChI is InChI=1S/C25H32N4O2/c30-24(21-13-18-29(19-14-21)25(31)28-16-4-5-17-28)27-23-10-8-22(9-11-23)26-15-12-20-6-2-1-3-7-20/h1-3,6-11,21,26H,4-5,12-19H2,(H,27,30). The average Bonchev–Trinajstić information content (AvgIpc) is 3.36. The van der Waals surface area contributed by atoms with Crippen LogP contribution in [-0.2, 0) is 11.2 Å². The molecule has 6 nitrogen and oxygen atoms in total. The van der Waals surface area contributed by atoms with E-state index in [4.69, 9.17) is 0 Å². The second-order valence-electron chi connectivity index (χ2n) is 8.47. The normalized spacial score (nSPS) is 16.9. The van der Waals surface area contributed by atoms with Gasteiger partial charge in [-0.1, -0.05) is 30.3 Å². The van der Waals surface area contributed by atoms with E-state index in [1.165, 1.54) is 5.56 Å². The Hall–Kier alpha value is -3.02. The van der Waals surface area contributed by atoms with Gasteiger partial charge in [-0.25, -0.2) is 4.79 Å². The first kappa shape index (κ1) is 21.2. The van der Waals surface area contributed by atoms with E-state index in [9.17, 15) is 9.59 Å². The molecule has 0 aromatic heterocycles. The van der Waals surface area contributed by atoms with Crippen LogP contribution in [-0.4, -0.2) is 54.5 Å². The highest BCUT2D eigenvalue weighted by molar-refractivity contribution is 5.93. The summed E-state index contributed by atoms with van der Waals surface area (Å²) in [6, 6.07) is 18.4. The zero-order valence-electron chi connectivity index (χ0n) is 18.1. The van der Waals surface area contributed by atoms with E-state index in [1.807, 2.05) is 40.1 Å². The molecule has 0 radical (unpaired) electrons. The Balaban J connectivity index is 1.19. The molecule has 0 bridgehead atoms. The molecule has 6 heteroatoms. The number of carbonyl (C=O) groups is 2. The minimum atomic E-state index is -0.0358. The lowest BCUT2D eigenvalue weighted by atomic mass is 9.96. The first-order valence-corrected chi connectivity index (χ1v) is 11.4. The maximum atomic E-state index is 12.7. The van der Waals surface area contributed by atoms with Gasteiger partial charge in [-0.2, -0.15) is 0 Å². The lowest BCUT2D eigenvalue weighted by Gasteiger charge is -2.34. The fourth-order valence-corrected chi connectivity index (χ4v) is 4.35. The van der Waals surface area contributed by atoms with E-state index in [2.05, 4.69) is 34.9 Å². The van der Waals surface area contributed by atoms with Crippen molar-refractivity contribution in [1.82, 2.24) is 9.80 Å². The summed E-state index contributed by atoms with van der Waals surface area (Å²) in [5, 5.41) is 6.46. The fraction of sp³-hybridized carbons (Fsp3) is 0.440. The van der Waals surface area contributed by atoms with Crippen molar-refractivity contribution >= 4 is 23.3 Å². The average molecular weight is 421 g/mol. The van der Waals surface area contributed by atoms with Crippen LogP contribution in [0.5, 0.6) is 0 Å². The molecule has 3 amide bonds. The molecular formula is C25H32N4O2. The number of amides is 3. The summed E-state index contributed by atoms with van der Waals surface area (Å²) in [6.07, 6.45) is 4.63. The Bertz CT molecular complexity index is 855. The Kier molecular flexibility index (Phi) is 7.07. The molecule has 2 aliphatic heterocycles. The summed E-state index contributed by atoms with van der Waals surface area (Å²) < 4.78 is 0. The number of urea groups is 1. The number of rotatable bonds is 6. The third-order valence-corrected chi connectivity index (χ3v) is 6.25. The zero-order chi connectivity index (χ0) is 21.5. The third kappa shape index (κ3) is 5.78. The van der Waals surface area contributed by atoms with Gasteiger partial charge in [0.1, 0.15) is 0 Å². The molecule has 0 aliphatic carbocycles. The van der Waals surface area contributed by atoms with Crippen molar-refractivity contribution in [1.29, 1.82) is 0 Å². The molecule has 2 fully saturated rings. The first-order valence-electron chi connectivity index (χ1n) is 11.4. The summed E-state index contributed by atoms with van der Waals surface area (Å²) in [5.74, 6) is 0.0179. The first-order chi connectivity index (χ1) is 15.2. The molecule has 0 spiro atoms. The molecule has 4 rings (SSSR count). The quantitative estimate of drug-likeness (QED) is 0.736. The van der Waals surface area contributed by atoms with Crippen molar-refractivity contribution in [3.8, 4) is 0 Å². The van der Waals surface area contributed by atoms with Crippen LogP contribution in [0.15, 0.2) is 54.6 Å². The van der Waals surface area contributed by atoms with E-state index in [1.54, 1.807) is 0 Å². The van der Waals surface area contributed by atoms with Gasteiger partial charge in [0.25, 0.3) is 0 Å². The van der Waals surface area contributed by atoms with Crippen molar-refractivity contribution in [2.75, 3.05) is 43.4 Å². The molecule has 164 valence electrons. The molecule has 0 unspecified atom stereocenters. The molecule has 2 N–H and O–H groups in total. The van der Waals surface area contributed by atoms with Gasteiger partial charge < -0.3 is 20.4 Å². The predicted molar refractivity (Wildman–Crippen MR) is 124 cm³/mol. The van der Waals surface area contributed by atoms with Gasteiger partial charge in [0.15, 0.2) is 0 Å². The number of benzene rings is 2. The van der Waals surface area contributed by atoms with Crippen LogP contribution < -0.4 is 10.6 Å². The van der Waals surface area contributed by atoms with Crippen LogP contribution in [0.3, 0.4) is 0 Å². The lowest BCUT2D eigenvalue weighted by Crippen LogP contribution is -2.47. The van der Waals surface area contributed by atoms with Crippen molar-refractivity contribution in [3.63, 3.8) is 0 Å². The Morgan fingerprint density at radius 1 is 0.806 bits per heavy atom. The van der Waals surface area contributed by atoms with Gasteiger partial charge in [-0.3, -0.25) is 4.79 Å². The highest BCUT2D eigenvalue weighted by atomic mass is 16.2. The SMILES string of the molecule is O=C(Nc1ccc(NCCc2ccccc2)cc1)C1CCN(C(=O)N2CCCC2)CC1. The number of hydrogen-bond donors (Lipinski definition) is 2. The number of nitrogens with zero attached hydrogens (tertiary/aromatic N) is 2. The second-order valence-corrected chi connectivity index (χ2v) is 8.47.